The van der Waals surface area contributed by atoms with E-state index in [-0.39, 0.29) is 27.1 Å². The van der Waals surface area contributed by atoms with E-state index in [0.717, 1.165) is 0 Å². The van der Waals surface area contributed by atoms with Crippen LogP contribution in [0.15, 0.2) is 0 Å². The molecular weight excluding hydrogens is 267 g/mol. The maximum Gasteiger partial charge on any atom is 0.349 e. The van der Waals surface area contributed by atoms with Crippen LogP contribution in [0.5, 0.6) is 11.5 Å². The highest BCUT2D eigenvalue weighted by molar-refractivity contribution is 6.38. The third-order valence-corrected chi connectivity index (χ3v) is 3.34. The molecule has 0 spiro atoms. The number of carbonyl (C=O) groups excluding carboxylic acids is 1. The zero-order valence-electron chi connectivity index (χ0n) is 9.43. The first-order valence-electron chi connectivity index (χ1n) is 4.87. The van der Waals surface area contributed by atoms with Crippen LogP contribution in [-0.4, -0.2) is 16.9 Å². The molecule has 0 saturated carbocycles. The van der Waals surface area contributed by atoms with E-state index in [0.29, 0.717) is 5.56 Å². The highest BCUT2D eigenvalue weighted by Gasteiger charge is 2.39. The molecule has 1 N–H and O–H groups in total. The Bertz CT molecular complexity index is 523. The molecule has 0 aromatic heterocycles. The molecule has 0 aliphatic carbocycles. The van der Waals surface area contributed by atoms with Gasteiger partial charge < -0.3 is 14.6 Å². The highest BCUT2D eigenvalue weighted by Crippen LogP contribution is 2.47. The van der Waals surface area contributed by atoms with E-state index in [1.165, 1.54) is 0 Å². The van der Waals surface area contributed by atoms with Crippen LogP contribution in [0.25, 0.3) is 0 Å². The van der Waals surface area contributed by atoms with Gasteiger partial charge in [0.1, 0.15) is 5.56 Å². The van der Waals surface area contributed by atoms with Crippen LogP contribution in [0.1, 0.15) is 29.8 Å². The number of fused-ring (bicyclic) bond motifs is 1. The van der Waals surface area contributed by atoms with E-state index < -0.39 is 11.8 Å². The largest absolute Gasteiger partial charge is 0.505 e. The molecule has 0 amide bonds. The summed E-state index contributed by atoms with van der Waals surface area (Å²) in [5.74, 6) is -2.10. The summed E-state index contributed by atoms with van der Waals surface area (Å²) in [6.45, 7) is 4.78. The molecule has 0 unspecified atom stereocenters. The quantitative estimate of drug-likeness (QED) is 0.739. The fourth-order valence-electron chi connectivity index (χ4n) is 1.60. The van der Waals surface area contributed by atoms with Crippen LogP contribution in [0.4, 0.5) is 0 Å². The Hall–Kier alpha value is -1.13. The molecule has 1 aromatic rings. The lowest BCUT2D eigenvalue weighted by Gasteiger charge is -2.33. The first-order valence-corrected chi connectivity index (χ1v) is 5.63. The van der Waals surface area contributed by atoms with Crippen molar-refractivity contribution in [2.45, 2.75) is 26.6 Å². The van der Waals surface area contributed by atoms with Crippen molar-refractivity contribution in [1.29, 1.82) is 0 Å². The molecule has 92 valence electrons. The Labute approximate surface area is 108 Å². The van der Waals surface area contributed by atoms with Gasteiger partial charge >= 0.3 is 5.97 Å². The van der Waals surface area contributed by atoms with Gasteiger partial charge in [0.05, 0.1) is 10.0 Å². The lowest BCUT2D eigenvalue weighted by atomic mass is 10.1. The van der Waals surface area contributed by atoms with Crippen molar-refractivity contribution in [3.05, 3.63) is 21.2 Å². The third kappa shape index (κ3) is 1.81. The fourth-order valence-corrected chi connectivity index (χ4v) is 2.06. The molecule has 1 aromatic carbocycles. The minimum atomic E-state index is -1.12. The number of halogens is 2. The van der Waals surface area contributed by atoms with Crippen LogP contribution in [0.3, 0.4) is 0 Å². The van der Waals surface area contributed by atoms with Crippen molar-refractivity contribution >= 4 is 29.2 Å². The molecular formula is C11H10Cl2O4. The van der Waals surface area contributed by atoms with Gasteiger partial charge in [-0.05, 0) is 12.5 Å². The second kappa shape index (κ2) is 3.68. The number of phenolic OH excluding ortho intramolecular Hbond substituents is 1. The van der Waals surface area contributed by atoms with Crippen molar-refractivity contribution in [1.82, 2.24) is 0 Å². The molecule has 0 saturated heterocycles. The second-order valence-electron chi connectivity index (χ2n) is 4.20. The summed E-state index contributed by atoms with van der Waals surface area (Å²) in [6.07, 6.45) is 0. The van der Waals surface area contributed by atoms with Crippen LogP contribution in [0.2, 0.25) is 10.0 Å². The van der Waals surface area contributed by atoms with Crippen molar-refractivity contribution in [2.24, 2.45) is 0 Å². The zero-order chi connectivity index (χ0) is 13.0. The maximum absolute atomic E-state index is 11.8. The number of esters is 1. The van der Waals surface area contributed by atoms with Gasteiger partial charge in [0.15, 0.2) is 11.5 Å². The molecule has 1 heterocycles. The number of carbonyl (C=O) groups is 1. The number of ether oxygens (including phenoxy) is 2. The maximum atomic E-state index is 11.8. The average Bonchev–Trinajstić information content (AvgIpc) is 2.21. The molecule has 1 aliphatic rings. The Morgan fingerprint density at radius 2 is 1.76 bits per heavy atom. The van der Waals surface area contributed by atoms with Crippen LogP contribution >= 0.6 is 23.2 Å². The minimum Gasteiger partial charge on any atom is -0.505 e. The van der Waals surface area contributed by atoms with Gasteiger partial charge in [-0.3, -0.25) is 0 Å². The number of cyclic esters (lactones) is 1. The molecule has 0 bridgehead atoms. The number of phenols is 1. The van der Waals surface area contributed by atoms with Crippen LogP contribution in [0, 0.1) is 6.92 Å². The minimum absolute atomic E-state index is 0.0222. The van der Waals surface area contributed by atoms with Gasteiger partial charge in [-0.1, -0.05) is 23.2 Å². The Kier molecular flexibility index (Phi) is 2.67. The predicted octanol–water partition coefficient (Wildman–Crippen LogP) is 3.29. The summed E-state index contributed by atoms with van der Waals surface area (Å²) in [4.78, 5) is 11.8. The van der Waals surface area contributed by atoms with Gasteiger partial charge in [-0.25, -0.2) is 4.79 Å². The van der Waals surface area contributed by atoms with Crippen molar-refractivity contribution in [3.8, 4) is 11.5 Å². The van der Waals surface area contributed by atoms with Crippen LogP contribution < -0.4 is 4.74 Å². The molecule has 6 heteroatoms. The van der Waals surface area contributed by atoms with Crippen molar-refractivity contribution < 1.29 is 19.4 Å². The SMILES string of the molecule is Cc1c(Cl)c(O)c2c(c1Cl)OC(C)(C)OC2=O. The van der Waals surface area contributed by atoms with Crippen LogP contribution in [-0.2, 0) is 4.74 Å². The molecule has 0 atom stereocenters. The average molecular weight is 277 g/mol. The molecule has 2 rings (SSSR count). The Morgan fingerprint density at radius 3 is 2.35 bits per heavy atom. The summed E-state index contributed by atoms with van der Waals surface area (Å²) in [6, 6.07) is 0. The van der Waals surface area contributed by atoms with E-state index in [4.69, 9.17) is 32.7 Å². The van der Waals surface area contributed by atoms with Gasteiger partial charge in [-0.15, -0.1) is 0 Å². The summed E-state index contributed by atoms with van der Waals surface area (Å²) in [5, 5.41) is 10.0. The molecule has 4 nitrogen and oxygen atoms in total. The van der Waals surface area contributed by atoms with Gasteiger partial charge in [0.2, 0.25) is 5.79 Å². The number of rotatable bonds is 0. The number of hydrogen-bond donors (Lipinski definition) is 1. The van der Waals surface area contributed by atoms with Crippen molar-refractivity contribution in [2.75, 3.05) is 0 Å². The lowest BCUT2D eigenvalue weighted by Crippen LogP contribution is -2.39. The predicted molar refractivity (Wildman–Crippen MR) is 63.0 cm³/mol. The molecule has 0 fully saturated rings. The lowest BCUT2D eigenvalue weighted by molar-refractivity contribution is -0.127. The number of aromatic hydroxyl groups is 1. The Morgan fingerprint density at radius 1 is 1.18 bits per heavy atom. The normalized spacial score (nSPS) is 17.1. The zero-order valence-corrected chi connectivity index (χ0v) is 10.9. The van der Waals surface area contributed by atoms with E-state index in [1.807, 2.05) is 0 Å². The van der Waals surface area contributed by atoms with E-state index in [9.17, 15) is 9.90 Å². The summed E-state index contributed by atoms with van der Waals surface area (Å²) < 4.78 is 10.4. The number of hydrogen-bond acceptors (Lipinski definition) is 4. The van der Waals surface area contributed by atoms with Crippen molar-refractivity contribution in [3.63, 3.8) is 0 Å². The van der Waals surface area contributed by atoms with Gasteiger partial charge in [0.25, 0.3) is 0 Å². The molecule has 1 aliphatic heterocycles. The third-order valence-electron chi connectivity index (χ3n) is 2.42. The van der Waals surface area contributed by atoms with E-state index in [2.05, 4.69) is 0 Å². The standard InChI is InChI=1S/C11H10Cl2O4/c1-4-6(12)8(14)5-9(7(4)13)16-11(2,3)17-10(5)15/h14H,1-3H3. The summed E-state index contributed by atoms with van der Waals surface area (Å²) >= 11 is 11.9. The first-order chi connectivity index (χ1) is 7.74. The van der Waals surface area contributed by atoms with E-state index in [1.54, 1.807) is 20.8 Å². The molecule has 17 heavy (non-hydrogen) atoms. The topological polar surface area (TPSA) is 55.8 Å². The fraction of sp³-hybridized carbons (Fsp3) is 0.364. The monoisotopic (exact) mass is 276 g/mol. The smallest absolute Gasteiger partial charge is 0.349 e. The van der Waals surface area contributed by atoms with E-state index >= 15 is 0 Å². The Balaban J connectivity index is 2.77. The number of benzene rings is 1. The summed E-state index contributed by atoms with van der Waals surface area (Å²) in [7, 11) is 0. The second-order valence-corrected chi connectivity index (χ2v) is 4.95. The molecule has 0 radical (unpaired) electrons. The first kappa shape index (κ1) is 12.3. The van der Waals surface area contributed by atoms with Gasteiger partial charge in [-0.2, -0.15) is 0 Å². The van der Waals surface area contributed by atoms with Gasteiger partial charge in [0, 0.05) is 13.8 Å². The summed E-state index contributed by atoms with van der Waals surface area (Å²) in [5.41, 5.74) is 0.319. The highest BCUT2D eigenvalue weighted by atomic mass is 35.5.